The maximum absolute atomic E-state index is 5.44. The van der Waals surface area contributed by atoms with Crippen LogP contribution in [-0.2, 0) is 11.2 Å². The minimum atomic E-state index is 0.459. The van der Waals surface area contributed by atoms with Crippen LogP contribution in [-0.4, -0.2) is 38.8 Å². The SMILES string of the molecule is CNC1CCCc2sc(N(C)CC3CCOCC3)nc21. The van der Waals surface area contributed by atoms with Gasteiger partial charge in [0, 0.05) is 31.7 Å². The van der Waals surface area contributed by atoms with Crippen LogP contribution in [0, 0.1) is 5.92 Å². The van der Waals surface area contributed by atoms with E-state index in [1.165, 1.54) is 47.8 Å². The van der Waals surface area contributed by atoms with Crippen LogP contribution in [0.5, 0.6) is 0 Å². The van der Waals surface area contributed by atoms with Gasteiger partial charge in [-0.25, -0.2) is 4.98 Å². The highest BCUT2D eigenvalue weighted by atomic mass is 32.1. The standard InChI is InChI=1S/C15H25N3OS/c1-16-12-4-3-5-13-14(12)17-15(20-13)18(2)10-11-6-8-19-9-7-11/h11-12,16H,3-10H2,1-2H3. The molecule has 1 N–H and O–H groups in total. The molecule has 1 aliphatic carbocycles. The topological polar surface area (TPSA) is 37.4 Å². The van der Waals surface area contributed by atoms with Crippen LogP contribution in [0.15, 0.2) is 0 Å². The van der Waals surface area contributed by atoms with E-state index in [4.69, 9.17) is 9.72 Å². The van der Waals surface area contributed by atoms with Gasteiger partial charge in [-0.15, -0.1) is 11.3 Å². The molecule has 3 rings (SSSR count). The molecule has 0 radical (unpaired) electrons. The summed E-state index contributed by atoms with van der Waals surface area (Å²) in [4.78, 5) is 8.76. The average molecular weight is 295 g/mol. The number of hydrogen-bond acceptors (Lipinski definition) is 5. The number of nitrogens with zero attached hydrogens (tertiary/aromatic N) is 2. The van der Waals surface area contributed by atoms with Crippen LogP contribution >= 0.6 is 11.3 Å². The van der Waals surface area contributed by atoms with Crippen LogP contribution < -0.4 is 10.2 Å². The van der Waals surface area contributed by atoms with Gasteiger partial charge in [0.2, 0.25) is 0 Å². The predicted molar refractivity (Wildman–Crippen MR) is 83.7 cm³/mol. The Morgan fingerprint density at radius 3 is 2.90 bits per heavy atom. The highest BCUT2D eigenvalue weighted by Crippen LogP contribution is 2.36. The molecule has 1 aliphatic heterocycles. The Kier molecular flexibility index (Phi) is 4.58. The van der Waals surface area contributed by atoms with E-state index in [0.717, 1.165) is 25.7 Å². The van der Waals surface area contributed by atoms with E-state index in [0.29, 0.717) is 6.04 Å². The number of anilines is 1. The van der Waals surface area contributed by atoms with E-state index in [1.54, 1.807) is 0 Å². The Hall–Kier alpha value is -0.650. The molecule has 0 bridgehead atoms. The Labute approximate surface area is 125 Å². The summed E-state index contributed by atoms with van der Waals surface area (Å²) < 4.78 is 5.44. The molecule has 1 aromatic heterocycles. The fourth-order valence-electron chi connectivity index (χ4n) is 3.24. The average Bonchev–Trinajstić information content (AvgIpc) is 2.92. The molecular formula is C15H25N3OS. The van der Waals surface area contributed by atoms with Gasteiger partial charge in [0.25, 0.3) is 0 Å². The highest BCUT2D eigenvalue weighted by Gasteiger charge is 2.25. The fraction of sp³-hybridized carbons (Fsp3) is 0.800. The highest BCUT2D eigenvalue weighted by molar-refractivity contribution is 7.15. The molecule has 0 amide bonds. The summed E-state index contributed by atoms with van der Waals surface area (Å²) in [5.74, 6) is 0.759. The van der Waals surface area contributed by atoms with Crippen molar-refractivity contribution in [2.45, 2.75) is 38.1 Å². The third kappa shape index (κ3) is 3.00. The van der Waals surface area contributed by atoms with Crippen LogP contribution in [0.3, 0.4) is 0 Å². The molecule has 1 unspecified atom stereocenters. The lowest BCUT2D eigenvalue weighted by atomic mass is 9.98. The Balaban J connectivity index is 1.68. The van der Waals surface area contributed by atoms with Crippen molar-refractivity contribution in [1.29, 1.82) is 0 Å². The Bertz CT molecular complexity index is 442. The van der Waals surface area contributed by atoms with E-state index >= 15 is 0 Å². The summed E-state index contributed by atoms with van der Waals surface area (Å²) in [7, 11) is 4.23. The molecule has 0 aromatic carbocycles. The normalized spacial score (nSPS) is 23.6. The summed E-state index contributed by atoms with van der Waals surface area (Å²) in [5.41, 5.74) is 1.30. The molecule has 0 saturated carbocycles. The van der Waals surface area contributed by atoms with Crippen molar-refractivity contribution in [2.24, 2.45) is 5.92 Å². The van der Waals surface area contributed by atoms with Gasteiger partial charge in [-0.3, -0.25) is 0 Å². The molecule has 5 heteroatoms. The number of ether oxygens (including phenoxy) is 1. The summed E-state index contributed by atoms with van der Waals surface area (Å²) in [5, 5.41) is 4.60. The number of aromatic nitrogens is 1. The molecule has 4 nitrogen and oxygen atoms in total. The van der Waals surface area contributed by atoms with Crippen LogP contribution in [0.4, 0.5) is 5.13 Å². The number of aryl methyl sites for hydroxylation is 1. The van der Waals surface area contributed by atoms with Crippen molar-refractivity contribution >= 4 is 16.5 Å². The lowest BCUT2D eigenvalue weighted by Gasteiger charge is -2.26. The summed E-state index contributed by atoms with van der Waals surface area (Å²) in [6.45, 7) is 2.96. The van der Waals surface area contributed by atoms with E-state index < -0.39 is 0 Å². The van der Waals surface area contributed by atoms with Crippen LogP contribution in [0.2, 0.25) is 0 Å². The number of rotatable bonds is 4. The molecule has 1 atom stereocenters. The smallest absolute Gasteiger partial charge is 0.185 e. The molecule has 112 valence electrons. The van der Waals surface area contributed by atoms with Crippen LogP contribution in [0.25, 0.3) is 0 Å². The Morgan fingerprint density at radius 2 is 2.15 bits per heavy atom. The van der Waals surface area contributed by atoms with Gasteiger partial charge in [0.15, 0.2) is 5.13 Å². The first-order valence-electron chi connectivity index (χ1n) is 7.73. The van der Waals surface area contributed by atoms with Gasteiger partial charge in [-0.1, -0.05) is 0 Å². The monoisotopic (exact) mass is 295 g/mol. The van der Waals surface area contributed by atoms with Gasteiger partial charge in [0.1, 0.15) is 0 Å². The quantitative estimate of drug-likeness (QED) is 0.926. The van der Waals surface area contributed by atoms with E-state index in [9.17, 15) is 0 Å². The first-order chi connectivity index (χ1) is 9.78. The Morgan fingerprint density at radius 1 is 1.35 bits per heavy atom. The molecule has 2 aliphatic rings. The van der Waals surface area contributed by atoms with Crippen molar-refractivity contribution in [3.63, 3.8) is 0 Å². The molecular weight excluding hydrogens is 270 g/mol. The summed E-state index contributed by atoms with van der Waals surface area (Å²) >= 11 is 1.89. The maximum Gasteiger partial charge on any atom is 0.185 e. The minimum Gasteiger partial charge on any atom is -0.381 e. The van der Waals surface area contributed by atoms with E-state index in [2.05, 4.69) is 17.3 Å². The lowest BCUT2D eigenvalue weighted by Crippen LogP contribution is -2.29. The second kappa shape index (κ2) is 6.41. The molecule has 1 fully saturated rings. The van der Waals surface area contributed by atoms with Gasteiger partial charge in [-0.05, 0) is 45.1 Å². The van der Waals surface area contributed by atoms with Crippen molar-refractivity contribution in [1.82, 2.24) is 10.3 Å². The molecule has 2 heterocycles. The molecule has 20 heavy (non-hydrogen) atoms. The third-order valence-corrected chi connectivity index (χ3v) is 5.74. The lowest BCUT2D eigenvalue weighted by molar-refractivity contribution is 0.0685. The number of thiazole rings is 1. The minimum absolute atomic E-state index is 0.459. The molecule has 1 saturated heterocycles. The maximum atomic E-state index is 5.44. The summed E-state index contributed by atoms with van der Waals surface area (Å²) in [6.07, 6.45) is 6.08. The van der Waals surface area contributed by atoms with E-state index in [-0.39, 0.29) is 0 Å². The van der Waals surface area contributed by atoms with Crippen molar-refractivity contribution in [3.8, 4) is 0 Å². The second-order valence-electron chi connectivity index (χ2n) is 5.97. The van der Waals surface area contributed by atoms with E-state index in [1.807, 2.05) is 18.4 Å². The first kappa shape index (κ1) is 14.3. The van der Waals surface area contributed by atoms with Crippen molar-refractivity contribution in [3.05, 3.63) is 10.6 Å². The molecule has 1 aromatic rings. The van der Waals surface area contributed by atoms with Gasteiger partial charge in [-0.2, -0.15) is 0 Å². The largest absolute Gasteiger partial charge is 0.381 e. The number of fused-ring (bicyclic) bond motifs is 1. The molecule has 0 spiro atoms. The predicted octanol–water partition coefficient (Wildman–Crippen LogP) is 2.60. The fourth-order valence-corrected chi connectivity index (χ4v) is 4.38. The summed E-state index contributed by atoms with van der Waals surface area (Å²) in [6, 6.07) is 0.459. The zero-order chi connectivity index (χ0) is 13.9. The number of hydrogen-bond donors (Lipinski definition) is 1. The zero-order valence-electron chi connectivity index (χ0n) is 12.5. The van der Waals surface area contributed by atoms with Crippen LogP contribution in [0.1, 0.15) is 42.3 Å². The zero-order valence-corrected chi connectivity index (χ0v) is 13.3. The van der Waals surface area contributed by atoms with Gasteiger partial charge >= 0.3 is 0 Å². The van der Waals surface area contributed by atoms with Gasteiger partial charge < -0.3 is 15.0 Å². The first-order valence-corrected chi connectivity index (χ1v) is 8.55. The second-order valence-corrected chi connectivity index (χ2v) is 7.04. The van der Waals surface area contributed by atoms with Crippen molar-refractivity contribution < 1.29 is 4.74 Å². The third-order valence-electron chi connectivity index (χ3n) is 4.49. The number of nitrogens with one attached hydrogen (secondary N) is 1. The van der Waals surface area contributed by atoms with Crippen molar-refractivity contribution in [2.75, 3.05) is 38.8 Å². The van der Waals surface area contributed by atoms with Gasteiger partial charge in [0.05, 0.1) is 11.7 Å².